The van der Waals surface area contributed by atoms with E-state index in [1.807, 2.05) is 0 Å². The topological polar surface area (TPSA) is 103 Å². The zero-order chi connectivity index (χ0) is 13.7. The normalized spacial score (nSPS) is 10.3. The van der Waals surface area contributed by atoms with E-state index in [2.05, 4.69) is 26.0 Å². The second-order valence-corrected chi connectivity index (χ2v) is 6.18. The molecule has 1 rings (SSSR count). The molecular weight excluding hydrogens is 264 g/mol. The van der Waals surface area contributed by atoms with E-state index in [1.165, 1.54) is 45.8 Å². The number of aryl methyl sites for hydroxylation is 2. The van der Waals surface area contributed by atoms with Gasteiger partial charge in [-0.1, -0.05) is 12.1 Å². The fraction of sp³-hybridized carbons (Fsp3) is 0.333. The van der Waals surface area contributed by atoms with Gasteiger partial charge in [0.2, 0.25) is 0 Å². The Morgan fingerprint density at radius 3 is 1.56 bits per heavy atom. The second-order valence-electron chi connectivity index (χ2n) is 4.09. The summed E-state index contributed by atoms with van der Waals surface area (Å²) in [4.78, 5) is 0. The number of rotatable bonds is 4. The first-order valence-corrected chi connectivity index (χ1v) is 7.47. The van der Waals surface area contributed by atoms with Crippen LogP contribution in [0.25, 0.3) is 0 Å². The summed E-state index contributed by atoms with van der Waals surface area (Å²) in [6.07, 6.45) is 0. The average molecular weight is 284 g/mol. The van der Waals surface area contributed by atoms with Crippen molar-refractivity contribution < 1.29 is 10.8 Å². The van der Waals surface area contributed by atoms with Crippen molar-refractivity contribution in [1.82, 2.24) is 0 Å². The van der Waals surface area contributed by atoms with Gasteiger partial charge in [0.15, 0.2) is 0 Å². The molecular formula is C12H20N4S2+2. The maximum atomic E-state index is 5.46. The van der Waals surface area contributed by atoms with E-state index in [-0.39, 0.29) is 0 Å². The molecule has 0 fully saturated rings. The predicted octanol–water partition coefficient (Wildman–Crippen LogP) is -1.08. The number of thioether (sulfide) groups is 2. The van der Waals surface area contributed by atoms with Gasteiger partial charge >= 0.3 is 0 Å². The van der Waals surface area contributed by atoms with E-state index in [0.717, 1.165) is 11.5 Å². The first-order chi connectivity index (χ1) is 8.40. The molecule has 0 unspecified atom stereocenters. The SMILES string of the molecule is Cc1cc(CSC(N)=[NH2+])c(C)cc1CSC(N)=[NH2+]. The Hall–Kier alpha value is -1.14. The minimum Gasteiger partial charge on any atom is -0.282 e. The standard InChI is InChI=1S/C12H18N4S2/c1-7-3-10(6-18-12(15)16)8(2)4-9(7)5-17-11(13)14/h3-4H,5-6H2,1-2H3,(H3,13,14)(H3,15,16)/p+2. The molecule has 98 valence electrons. The maximum absolute atomic E-state index is 5.46. The molecule has 0 amide bonds. The van der Waals surface area contributed by atoms with E-state index in [1.54, 1.807) is 0 Å². The van der Waals surface area contributed by atoms with Gasteiger partial charge in [0.05, 0.1) is 0 Å². The molecule has 1 aromatic rings. The van der Waals surface area contributed by atoms with Crippen molar-refractivity contribution in [3.8, 4) is 0 Å². The third-order valence-electron chi connectivity index (χ3n) is 2.58. The lowest BCUT2D eigenvalue weighted by Gasteiger charge is -2.10. The zero-order valence-corrected chi connectivity index (χ0v) is 12.3. The van der Waals surface area contributed by atoms with Crippen molar-refractivity contribution in [2.45, 2.75) is 25.4 Å². The molecule has 8 N–H and O–H groups in total. The summed E-state index contributed by atoms with van der Waals surface area (Å²) in [5.74, 6) is 1.60. The van der Waals surface area contributed by atoms with Crippen LogP contribution in [0.2, 0.25) is 0 Å². The molecule has 0 bridgehead atoms. The van der Waals surface area contributed by atoms with Gasteiger partial charge in [-0.05, 0) is 59.6 Å². The fourth-order valence-corrected chi connectivity index (χ4v) is 2.84. The second kappa shape index (κ2) is 6.70. The van der Waals surface area contributed by atoms with E-state index in [9.17, 15) is 0 Å². The molecule has 0 aliphatic carbocycles. The Balaban J connectivity index is 2.82. The molecule has 0 saturated heterocycles. The van der Waals surface area contributed by atoms with Crippen molar-refractivity contribution in [2.75, 3.05) is 0 Å². The van der Waals surface area contributed by atoms with Gasteiger partial charge in [-0.15, -0.1) is 0 Å². The Morgan fingerprint density at radius 2 is 1.28 bits per heavy atom. The maximum Gasteiger partial charge on any atom is 0.300 e. The molecule has 6 heteroatoms. The quantitative estimate of drug-likeness (QED) is 0.417. The molecule has 0 atom stereocenters. The largest absolute Gasteiger partial charge is 0.300 e. The van der Waals surface area contributed by atoms with Crippen LogP contribution in [0.1, 0.15) is 22.3 Å². The Bertz CT molecular complexity index is 428. The van der Waals surface area contributed by atoms with Crippen LogP contribution in [0.3, 0.4) is 0 Å². The molecule has 0 radical (unpaired) electrons. The third-order valence-corrected chi connectivity index (χ3v) is 4.16. The van der Waals surface area contributed by atoms with Crippen LogP contribution in [0.15, 0.2) is 12.1 Å². The Morgan fingerprint density at radius 1 is 0.944 bits per heavy atom. The molecule has 0 spiro atoms. The molecule has 0 aliphatic heterocycles. The lowest BCUT2D eigenvalue weighted by molar-refractivity contribution is -0.110. The Kier molecular flexibility index (Phi) is 5.55. The van der Waals surface area contributed by atoms with Gasteiger partial charge < -0.3 is 0 Å². The molecule has 0 saturated carbocycles. The highest BCUT2D eigenvalue weighted by atomic mass is 32.2. The van der Waals surface area contributed by atoms with Crippen LogP contribution in [0.5, 0.6) is 0 Å². The van der Waals surface area contributed by atoms with Crippen LogP contribution in [-0.2, 0) is 11.5 Å². The minimum atomic E-state index is 0.400. The summed E-state index contributed by atoms with van der Waals surface area (Å²) < 4.78 is 0. The van der Waals surface area contributed by atoms with Gasteiger partial charge in [0, 0.05) is 11.5 Å². The smallest absolute Gasteiger partial charge is 0.282 e. The summed E-state index contributed by atoms with van der Waals surface area (Å²) in [6, 6.07) is 4.35. The van der Waals surface area contributed by atoms with Gasteiger partial charge in [-0.2, -0.15) is 0 Å². The van der Waals surface area contributed by atoms with Crippen molar-refractivity contribution in [2.24, 2.45) is 11.5 Å². The van der Waals surface area contributed by atoms with Crippen LogP contribution < -0.4 is 22.3 Å². The van der Waals surface area contributed by atoms with Gasteiger partial charge in [-0.25, -0.2) is 0 Å². The van der Waals surface area contributed by atoms with Crippen LogP contribution >= 0.6 is 23.5 Å². The lowest BCUT2D eigenvalue weighted by atomic mass is 10.0. The van der Waals surface area contributed by atoms with E-state index >= 15 is 0 Å². The molecule has 18 heavy (non-hydrogen) atoms. The van der Waals surface area contributed by atoms with Gasteiger partial charge in [-0.3, -0.25) is 22.3 Å². The first kappa shape index (κ1) is 14.9. The van der Waals surface area contributed by atoms with Gasteiger partial charge in [0.25, 0.3) is 10.3 Å². The summed E-state index contributed by atoms with van der Waals surface area (Å²) in [5, 5.41) is 11.7. The summed E-state index contributed by atoms with van der Waals surface area (Å²) in [7, 11) is 0. The van der Waals surface area contributed by atoms with Crippen molar-refractivity contribution in [3.05, 3.63) is 34.4 Å². The average Bonchev–Trinajstić information content (AvgIpc) is 2.27. The van der Waals surface area contributed by atoms with Gasteiger partial charge in [0.1, 0.15) is 0 Å². The number of benzene rings is 1. The monoisotopic (exact) mass is 284 g/mol. The highest BCUT2D eigenvalue weighted by molar-refractivity contribution is 8.13. The van der Waals surface area contributed by atoms with Crippen LogP contribution in [0, 0.1) is 13.8 Å². The number of amidine groups is 2. The van der Waals surface area contributed by atoms with Crippen LogP contribution in [0.4, 0.5) is 0 Å². The molecule has 0 aliphatic rings. The van der Waals surface area contributed by atoms with Crippen molar-refractivity contribution >= 4 is 33.9 Å². The number of nitrogens with two attached hydrogens (primary N) is 4. The van der Waals surface area contributed by atoms with Crippen molar-refractivity contribution in [1.29, 1.82) is 0 Å². The minimum absolute atomic E-state index is 0.400. The Labute approximate surface area is 116 Å². The summed E-state index contributed by atoms with van der Waals surface area (Å²) >= 11 is 2.91. The first-order valence-electron chi connectivity index (χ1n) is 5.50. The molecule has 0 aromatic heterocycles. The molecule has 0 heterocycles. The highest BCUT2D eigenvalue weighted by Gasteiger charge is 2.08. The predicted molar refractivity (Wildman–Crippen MR) is 80.7 cm³/mol. The van der Waals surface area contributed by atoms with Crippen LogP contribution in [-0.4, -0.2) is 10.3 Å². The van der Waals surface area contributed by atoms with E-state index in [4.69, 9.17) is 22.3 Å². The highest BCUT2D eigenvalue weighted by Crippen LogP contribution is 2.23. The zero-order valence-electron chi connectivity index (χ0n) is 10.7. The summed E-state index contributed by atoms with van der Waals surface area (Å²) in [5.41, 5.74) is 15.9. The van der Waals surface area contributed by atoms with E-state index < -0.39 is 0 Å². The van der Waals surface area contributed by atoms with E-state index in [0.29, 0.717) is 10.3 Å². The fourth-order valence-electron chi connectivity index (χ4n) is 1.57. The molecule has 1 aromatic carbocycles. The third kappa shape index (κ3) is 4.62. The number of hydrogen-bond acceptors (Lipinski definition) is 2. The van der Waals surface area contributed by atoms with Crippen molar-refractivity contribution in [3.63, 3.8) is 0 Å². The molecule has 4 nitrogen and oxygen atoms in total. The lowest BCUT2D eigenvalue weighted by Crippen LogP contribution is -2.43. The summed E-state index contributed by atoms with van der Waals surface area (Å²) in [6.45, 7) is 4.18. The number of hydrogen-bond donors (Lipinski definition) is 4.